The van der Waals surface area contributed by atoms with Crippen molar-refractivity contribution in [3.05, 3.63) is 460 Å². The lowest BCUT2D eigenvalue weighted by Gasteiger charge is -2.19. The normalized spacial score (nSPS) is 14.4. The predicted octanol–water partition coefficient (Wildman–Crippen LogP) is 35.0. The standard InChI is InChI=1S/C44H28O.C42H26O.C36H22O/c1-2-11-29(12-3-1)30-21-23-31(24-22-30)32-25-27-33(28-26-32)42-34-13-4-6-15-36(34)43(37-16-7-5-14-35(37)42)39-18-10-20-41-44(39)38-17-8-9-19-40(38)45-41;1-2-13-27(14-3-1)37-26-29(25-28-15-4-5-16-30(28)37)40-31-17-6-8-19-33(31)41(34-20-9-7-18-32(34)40)36-22-12-24-39-42(36)35-21-10-11-23-38(35)43-39;1-2-13-24-23(11-1)12-9-19-25(24)34-26-14-3-5-16-28(26)35(29-17-6-4-15-27(29)34)31-20-10-22-33-36(31)30-18-7-8-21-32(30)37-33/h1-28H;1-26H;1-22H/i4D,5D,6D,7D,13D,14D,15D,16D;6D,7D,8D,9D,17D,18D,19D,20D;3D,4D,5D,6D,14D,15D,16D,17D. The number of para-hydroxylation sites is 3. The van der Waals surface area contributed by atoms with Crippen LogP contribution in [-0.2, 0) is 0 Å². The van der Waals surface area contributed by atoms with E-state index in [1.165, 1.54) is 0 Å². The van der Waals surface area contributed by atoms with Gasteiger partial charge in [-0.25, -0.2) is 0 Å². The van der Waals surface area contributed by atoms with Crippen molar-refractivity contribution < 1.29 is 46.1 Å². The van der Waals surface area contributed by atoms with Crippen molar-refractivity contribution in [3.63, 3.8) is 0 Å². The van der Waals surface area contributed by atoms with Gasteiger partial charge in [0.25, 0.3) is 0 Å². The Morgan fingerprint density at radius 3 is 0.768 bits per heavy atom. The lowest BCUT2D eigenvalue weighted by molar-refractivity contribution is 0.668. The van der Waals surface area contributed by atoms with E-state index in [0.29, 0.717) is 116 Å². The zero-order valence-corrected chi connectivity index (χ0v) is 66.2. The van der Waals surface area contributed by atoms with Crippen LogP contribution in [0.2, 0.25) is 0 Å². The largest absolute Gasteiger partial charge is 0.456 e. The summed E-state index contributed by atoms with van der Waals surface area (Å²) in [6, 6.07) is 90.8. The van der Waals surface area contributed by atoms with Crippen LogP contribution < -0.4 is 0 Å². The smallest absolute Gasteiger partial charge is 0.136 e. The quantitative estimate of drug-likeness (QED) is 0.135. The summed E-state index contributed by atoms with van der Waals surface area (Å²) in [5, 5.41) is 10.0. The van der Waals surface area contributed by atoms with Crippen LogP contribution in [0.15, 0.2) is 474 Å². The van der Waals surface area contributed by atoms with Crippen LogP contribution in [0.25, 0.3) is 252 Å². The lowest BCUT2D eigenvalue weighted by atomic mass is 9.83. The van der Waals surface area contributed by atoms with E-state index in [9.17, 15) is 16.4 Å². The Bertz CT molecular complexity index is 10100. The Morgan fingerprint density at radius 2 is 0.392 bits per heavy atom. The minimum atomic E-state index is -0.437. The molecule has 3 heterocycles. The molecule has 0 radical (unpaired) electrons. The van der Waals surface area contributed by atoms with Crippen LogP contribution in [0.1, 0.15) is 32.9 Å². The summed E-state index contributed by atoms with van der Waals surface area (Å²) in [6.45, 7) is 0. The maximum Gasteiger partial charge on any atom is 0.136 e. The molecule has 125 heavy (non-hydrogen) atoms. The molecule has 0 saturated carbocycles. The molecule has 26 aromatic rings. The first-order valence-electron chi connectivity index (χ1n) is 53.0. The van der Waals surface area contributed by atoms with Gasteiger partial charge < -0.3 is 13.3 Å². The van der Waals surface area contributed by atoms with E-state index in [0.717, 1.165) is 71.1 Å². The topological polar surface area (TPSA) is 39.4 Å². The number of fused-ring (bicyclic) bond motifs is 17. The van der Waals surface area contributed by atoms with Crippen LogP contribution in [-0.4, -0.2) is 0 Å². The Kier molecular flexibility index (Phi) is 12.6. The molecular weight excluding hydrogens is 1510 g/mol. The van der Waals surface area contributed by atoms with E-state index in [-0.39, 0.29) is 137 Å². The highest BCUT2D eigenvalue weighted by Crippen LogP contribution is 2.53. The molecule has 0 unspecified atom stereocenters. The average Bonchev–Trinajstić information content (AvgIpc) is 1.45. The molecule has 0 fully saturated rings. The SMILES string of the molecule is [2H]c1c([2H])c([2H])c2c(-c3cccc4oc5ccccc5c34)c3c([2H])c([2H])c([2H])c([2H])c3c(-c3cc(-c4ccccc4)c4ccccc4c3)c2c1[2H].[2H]c1c([2H])c([2H])c2c(-c3cccc4oc5ccccc5c34)c3c([2H])c([2H])c([2H])c([2H])c3c(-c3ccc(-c4ccc(-c5ccccc5)cc4)cc3)c2c1[2H].[2H]c1c([2H])c([2H])c2c(-c3cccc4oc5ccccc5c34)c3c([2H])c([2H])c([2H])c([2H])c3c(-c3cccc4ccccc34)c2c1[2H]. The maximum atomic E-state index is 9.41. The van der Waals surface area contributed by atoms with Crippen LogP contribution in [0, 0.1) is 0 Å². The van der Waals surface area contributed by atoms with Gasteiger partial charge in [0.2, 0.25) is 0 Å². The number of furan rings is 3. The second-order valence-electron chi connectivity index (χ2n) is 30.7. The molecule has 26 rings (SSSR count). The number of hydrogen-bond acceptors (Lipinski definition) is 3. The van der Waals surface area contributed by atoms with Gasteiger partial charge in [-0.3, -0.25) is 0 Å². The minimum Gasteiger partial charge on any atom is -0.456 e. The third-order valence-corrected chi connectivity index (χ3v) is 23.9. The van der Waals surface area contributed by atoms with Crippen molar-refractivity contribution in [2.45, 2.75) is 0 Å². The summed E-state index contributed by atoms with van der Waals surface area (Å²) in [6.07, 6.45) is 0. The fourth-order valence-corrected chi connectivity index (χ4v) is 18.5. The molecule has 0 aliphatic carbocycles. The second-order valence-corrected chi connectivity index (χ2v) is 30.7. The molecule has 0 spiro atoms. The van der Waals surface area contributed by atoms with Gasteiger partial charge in [0, 0.05) is 32.3 Å². The average molecular weight is 1610 g/mol. The van der Waals surface area contributed by atoms with Crippen molar-refractivity contribution in [1.82, 2.24) is 0 Å². The molecule has 3 nitrogen and oxygen atoms in total. The Hall–Kier alpha value is -16.5. The number of benzene rings is 23. The van der Waals surface area contributed by atoms with Gasteiger partial charge in [-0.2, -0.15) is 0 Å². The van der Waals surface area contributed by atoms with Crippen LogP contribution in [0.5, 0.6) is 0 Å². The maximum absolute atomic E-state index is 9.41. The highest BCUT2D eigenvalue weighted by atomic mass is 16.3. The molecule has 0 N–H and O–H groups in total. The number of hydrogen-bond donors (Lipinski definition) is 0. The molecule has 0 saturated heterocycles. The van der Waals surface area contributed by atoms with E-state index in [4.69, 9.17) is 29.7 Å². The fourth-order valence-electron chi connectivity index (χ4n) is 18.5. The summed E-state index contributed by atoms with van der Waals surface area (Å²) in [4.78, 5) is 0. The van der Waals surface area contributed by atoms with Crippen LogP contribution in [0.4, 0.5) is 0 Å². The summed E-state index contributed by atoms with van der Waals surface area (Å²) in [7, 11) is 0. The molecule has 0 aliphatic heterocycles. The van der Waals surface area contributed by atoms with E-state index in [1.807, 2.05) is 273 Å². The Morgan fingerprint density at radius 1 is 0.144 bits per heavy atom. The highest BCUT2D eigenvalue weighted by Gasteiger charge is 2.26. The van der Waals surface area contributed by atoms with Crippen LogP contribution >= 0.6 is 0 Å². The van der Waals surface area contributed by atoms with Crippen molar-refractivity contribution in [2.75, 3.05) is 0 Å². The first-order chi connectivity index (χ1) is 72.0. The molecule has 0 aliphatic rings. The minimum absolute atomic E-state index is 0.167. The number of rotatable bonds is 9. The van der Waals surface area contributed by atoms with Crippen LogP contribution in [0.3, 0.4) is 0 Å². The van der Waals surface area contributed by atoms with Gasteiger partial charge in [0.1, 0.15) is 33.5 Å². The van der Waals surface area contributed by atoms with E-state index in [2.05, 4.69) is 24.3 Å². The zero-order valence-electron chi connectivity index (χ0n) is 90.2. The van der Waals surface area contributed by atoms with Crippen molar-refractivity contribution in [2.24, 2.45) is 0 Å². The molecule has 0 bridgehead atoms. The molecule has 582 valence electrons. The van der Waals surface area contributed by atoms with Gasteiger partial charge in [-0.05, 0) is 235 Å². The van der Waals surface area contributed by atoms with Gasteiger partial charge >= 0.3 is 0 Å². The fraction of sp³-hybridized carbons (Fsp3) is 0. The third kappa shape index (κ3) is 12.3. The van der Waals surface area contributed by atoms with Crippen molar-refractivity contribution in [1.29, 1.82) is 0 Å². The van der Waals surface area contributed by atoms with Gasteiger partial charge in [-0.15, -0.1) is 0 Å². The summed E-state index contributed by atoms with van der Waals surface area (Å²) in [5.41, 5.74) is 14.6. The van der Waals surface area contributed by atoms with Crippen molar-refractivity contribution in [3.8, 4) is 100 Å². The molecular formula is C122H76O3. The Labute approximate surface area is 755 Å². The summed E-state index contributed by atoms with van der Waals surface area (Å²) in [5.74, 6) is 0. The van der Waals surface area contributed by atoms with E-state index in [1.54, 1.807) is 18.2 Å². The van der Waals surface area contributed by atoms with Gasteiger partial charge in [0.15, 0.2) is 0 Å². The zero-order chi connectivity index (χ0) is 103. The summed E-state index contributed by atoms with van der Waals surface area (Å²) >= 11 is 0. The van der Waals surface area contributed by atoms with Crippen molar-refractivity contribution >= 4 is 152 Å². The monoisotopic (exact) mass is 1610 g/mol. The first kappa shape index (κ1) is 51.9. The molecule has 3 heteroatoms. The van der Waals surface area contributed by atoms with E-state index >= 15 is 0 Å². The van der Waals surface area contributed by atoms with Gasteiger partial charge in [-0.1, -0.05) is 412 Å². The predicted molar refractivity (Wildman–Crippen MR) is 530 cm³/mol. The second kappa shape index (κ2) is 30.4. The molecule has 23 aromatic carbocycles. The Balaban J connectivity index is 0.000000120. The molecule has 0 amide bonds. The van der Waals surface area contributed by atoms with Gasteiger partial charge in [0.05, 0.1) is 32.9 Å². The highest BCUT2D eigenvalue weighted by molar-refractivity contribution is 6.30. The summed E-state index contributed by atoms with van der Waals surface area (Å²) < 4.78 is 236. The van der Waals surface area contributed by atoms with E-state index < -0.39 is 72.5 Å². The molecule has 3 aromatic heterocycles. The molecule has 0 atom stereocenters. The lowest BCUT2D eigenvalue weighted by Crippen LogP contribution is -1.92. The first-order valence-corrected chi connectivity index (χ1v) is 41.0. The third-order valence-electron chi connectivity index (χ3n) is 23.9.